The highest BCUT2D eigenvalue weighted by Crippen LogP contribution is 2.35. The van der Waals surface area contributed by atoms with Crippen LogP contribution in [0.5, 0.6) is 5.75 Å². The molecule has 0 atom stereocenters. The van der Waals surface area contributed by atoms with Crippen LogP contribution in [0.3, 0.4) is 0 Å². The second kappa shape index (κ2) is 6.16. The number of hydrogen-bond donors (Lipinski definition) is 1. The molecule has 1 aliphatic rings. The highest BCUT2D eigenvalue weighted by atomic mass is 19.3. The molecule has 1 aromatic rings. The Labute approximate surface area is 125 Å². The Bertz CT molecular complexity index is 554. The van der Waals surface area contributed by atoms with Crippen molar-refractivity contribution in [2.75, 3.05) is 0 Å². The monoisotopic (exact) mass is 318 g/mol. The Balaban J connectivity index is 2.08. The third kappa shape index (κ3) is 3.91. The van der Waals surface area contributed by atoms with Gasteiger partial charge in [0.2, 0.25) is 0 Å². The van der Waals surface area contributed by atoms with Gasteiger partial charge in [0.25, 0.3) is 0 Å². The molecule has 1 aliphatic carbocycles. The number of rotatable bonds is 6. The van der Waals surface area contributed by atoms with Gasteiger partial charge in [-0.15, -0.1) is 0 Å². The van der Waals surface area contributed by atoms with Crippen molar-refractivity contribution in [3.05, 3.63) is 29.6 Å². The van der Waals surface area contributed by atoms with Crippen LogP contribution >= 0.6 is 0 Å². The van der Waals surface area contributed by atoms with Gasteiger partial charge >= 0.3 is 12.1 Å². The van der Waals surface area contributed by atoms with Crippen molar-refractivity contribution in [3.8, 4) is 5.75 Å². The maximum Gasteiger partial charge on any atom is 0.456 e. The van der Waals surface area contributed by atoms with Gasteiger partial charge in [0, 0.05) is 0 Å². The van der Waals surface area contributed by atoms with Crippen LogP contribution in [0.25, 0.3) is 0 Å². The van der Waals surface area contributed by atoms with Crippen LogP contribution in [0.4, 0.5) is 13.2 Å². The summed E-state index contributed by atoms with van der Waals surface area (Å²) in [5, 5.41) is 8.28. The summed E-state index contributed by atoms with van der Waals surface area (Å²) in [4.78, 5) is 10.3. The van der Waals surface area contributed by atoms with Crippen molar-refractivity contribution < 1.29 is 32.5 Å². The van der Waals surface area contributed by atoms with E-state index in [4.69, 9.17) is 9.84 Å². The van der Waals surface area contributed by atoms with Crippen molar-refractivity contribution in [1.29, 1.82) is 0 Å². The number of ether oxygens (including phenoxy) is 2. The van der Waals surface area contributed by atoms with Crippen LogP contribution < -0.4 is 4.74 Å². The van der Waals surface area contributed by atoms with Gasteiger partial charge in [-0.3, -0.25) is 0 Å². The molecule has 0 aromatic heterocycles. The van der Waals surface area contributed by atoms with Crippen molar-refractivity contribution in [2.24, 2.45) is 0 Å². The van der Waals surface area contributed by atoms with E-state index in [2.05, 4.69) is 4.74 Å². The first-order valence-corrected chi connectivity index (χ1v) is 6.94. The first-order valence-electron chi connectivity index (χ1n) is 6.94. The molecule has 122 valence electrons. The molecular weight excluding hydrogens is 301 g/mol. The van der Waals surface area contributed by atoms with E-state index in [1.807, 2.05) is 6.92 Å². The maximum absolute atomic E-state index is 13.8. The van der Waals surface area contributed by atoms with Crippen molar-refractivity contribution in [3.63, 3.8) is 0 Å². The molecule has 0 bridgehead atoms. The van der Waals surface area contributed by atoms with Crippen LogP contribution in [0.1, 0.15) is 38.2 Å². The molecule has 7 heteroatoms. The van der Waals surface area contributed by atoms with Crippen LogP contribution in [0.2, 0.25) is 0 Å². The molecular formula is C15H17F3O4. The molecule has 1 aromatic carbocycles. The molecule has 4 nitrogen and oxygen atoms in total. The SMILES string of the molecule is CC1(Oc2cc(COC(F)(F)C(=O)O)ccc2F)CCCC1. The average Bonchev–Trinajstić information content (AvgIpc) is 2.86. The van der Waals surface area contributed by atoms with Crippen molar-refractivity contribution in [2.45, 2.75) is 50.9 Å². The van der Waals surface area contributed by atoms with Crippen LogP contribution in [-0.2, 0) is 16.1 Å². The number of carbonyl (C=O) groups is 1. The van der Waals surface area contributed by atoms with Crippen molar-refractivity contribution >= 4 is 5.97 Å². The number of alkyl halides is 2. The molecule has 1 saturated carbocycles. The van der Waals surface area contributed by atoms with E-state index in [1.54, 1.807) is 0 Å². The largest absolute Gasteiger partial charge is 0.484 e. The molecule has 22 heavy (non-hydrogen) atoms. The highest BCUT2D eigenvalue weighted by molar-refractivity contribution is 5.73. The van der Waals surface area contributed by atoms with Gasteiger partial charge < -0.3 is 14.6 Å². The van der Waals surface area contributed by atoms with Gasteiger partial charge in [0.1, 0.15) is 5.60 Å². The third-order valence-corrected chi connectivity index (χ3v) is 3.68. The number of benzene rings is 1. The van der Waals surface area contributed by atoms with Gasteiger partial charge in [-0.1, -0.05) is 6.07 Å². The molecule has 0 unspecified atom stereocenters. The lowest BCUT2D eigenvalue weighted by Crippen LogP contribution is -2.31. The van der Waals surface area contributed by atoms with E-state index in [1.165, 1.54) is 12.1 Å². The van der Waals surface area contributed by atoms with E-state index < -0.39 is 30.1 Å². The third-order valence-electron chi connectivity index (χ3n) is 3.68. The minimum absolute atomic E-state index is 0.0378. The highest BCUT2D eigenvalue weighted by Gasteiger charge is 2.40. The predicted octanol–water partition coefficient (Wildman–Crippen LogP) is 3.73. The Hall–Kier alpha value is -1.76. The normalized spacial score (nSPS) is 17.5. The van der Waals surface area contributed by atoms with E-state index in [0.29, 0.717) is 0 Å². The smallest absolute Gasteiger partial charge is 0.456 e. The Morgan fingerprint density at radius 1 is 1.36 bits per heavy atom. The second-order valence-electron chi connectivity index (χ2n) is 5.63. The van der Waals surface area contributed by atoms with Gasteiger partial charge in [-0.25, -0.2) is 9.18 Å². The van der Waals surface area contributed by atoms with Gasteiger partial charge in [0.15, 0.2) is 11.6 Å². The number of aliphatic carboxylic acids is 1. The fourth-order valence-corrected chi connectivity index (χ4v) is 2.44. The number of carboxylic acids is 1. The summed E-state index contributed by atoms with van der Waals surface area (Å²) in [5.74, 6) is -3.00. The standard InChI is InChI=1S/C15H17F3O4/c1-14(6-2-3-7-14)22-12-8-10(4-5-11(12)16)9-21-15(17,18)13(19)20/h4-5,8H,2-3,6-7,9H2,1H3,(H,19,20). The summed E-state index contributed by atoms with van der Waals surface area (Å²) in [6.07, 6.45) is -0.709. The molecule has 0 heterocycles. The van der Waals surface area contributed by atoms with Crippen molar-refractivity contribution in [1.82, 2.24) is 0 Å². The lowest BCUT2D eigenvalue weighted by molar-refractivity contribution is -0.250. The van der Waals surface area contributed by atoms with Crippen LogP contribution in [0, 0.1) is 5.82 Å². The molecule has 0 radical (unpaired) electrons. The molecule has 0 aliphatic heterocycles. The number of halogens is 3. The molecule has 0 spiro atoms. The van der Waals surface area contributed by atoms with Gasteiger partial charge in [-0.05, 0) is 50.3 Å². The van der Waals surface area contributed by atoms with E-state index in [-0.39, 0.29) is 11.3 Å². The first-order chi connectivity index (χ1) is 10.2. The van der Waals surface area contributed by atoms with E-state index in [0.717, 1.165) is 31.7 Å². The summed E-state index contributed by atoms with van der Waals surface area (Å²) in [7, 11) is 0. The fraction of sp³-hybridized carbons (Fsp3) is 0.533. The summed E-state index contributed by atoms with van der Waals surface area (Å²) in [5.41, 5.74) is -0.260. The molecule has 0 saturated heterocycles. The summed E-state index contributed by atoms with van der Waals surface area (Å²) < 4.78 is 49.3. The summed E-state index contributed by atoms with van der Waals surface area (Å²) in [6, 6.07) is 3.60. The first kappa shape index (κ1) is 16.6. The summed E-state index contributed by atoms with van der Waals surface area (Å²) >= 11 is 0. The molecule has 0 amide bonds. The predicted molar refractivity (Wildman–Crippen MR) is 71.3 cm³/mol. The number of carboxylic acid groups (broad SMARTS) is 1. The maximum atomic E-state index is 13.8. The van der Waals surface area contributed by atoms with Gasteiger partial charge in [0.05, 0.1) is 6.61 Å². The Morgan fingerprint density at radius 2 is 2.00 bits per heavy atom. The van der Waals surface area contributed by atoms with Gasteiger partial charge in [-0.2, -0.15) is 8.78 Å². The minimum atomic E-state index is -4.28. The lowest BCUT2D eigenvalue weighted by Gasteiger charge is -2.26. The Kier molecular flexibility index (Phi) is 4.65. The van der Waals surface area contributed by atoms with E-state index in [9.17, 15) is 18.0 Å². The fourth-order valence-electron chi connectivity index (χ4n) is 2.44. The second-order valence-corrected chi connectivity index (χ2v) is 5.63. The number of hydrogen-bond acceptors (Lipinski definition) is 3. The summed E-state index contributed by atoms with van der Waals surface area (Å²) in [6.45, 7) is 1.22. The van der Waals surface area contributed by atoms with Crippen LogP contribution in [0.15, 0.2) is 18.2 Å². The quantitative estimate of drug-likeness (QED) is 0.868. The minimum Gasteiger partial charge on any atom is -0.484 e. The lowest BCUT2D eigenvalue weighted by atomic mass is 10.1. The zero-order valence-electron chi connectivity index (χ0n) is 12.1. The van der Waals surface area contributed by atoms with Crippen LogP contribution in [-0.4, -0.2) is 22.8 Å². The zero-order chi connectivity index (χ0) is 16.4. The average molecular weight is 318 g/mol. The molecule has 1 fully saturated rings. The topological polar surface area (TPSA) is 55.8 Å². The zero-order valence-corrected chi connectivity index (χ0v) is 12.1. The van der Waals surface area contributed by atoms with E-state index >= 15 is 0 Å². The Morgan fingerprint density at radius 3 is 2.59 bits per heavy atom. The molecule has 2 rings (SSSR count). The molecule has 1 N–H and O–H groups in total.